The second-order valence-electron chi connectivity index (χ2n) is 16.5. The van der Waals surface area contributed by atoms with E-state index in [1.165, 1.54) is 83.5 Å². The molecule has 6 nitrogen and oxygen atoms in total. The van der Waals surface area contributed by atoms with Crippen LogP contribution in [-0.2, 0) is 28.6 Å². The molecule has 0 amide bonds. The smallest absolute Gasteiger partial charge is 0.306 e. The van der Waals surface area contributed by atoms with E-state index in [-0.39, 0.29) is 50.4 Å². The summed E-state index contributed by atoms with van der Waals surface area (Å²) in [5, 5.41) is 0. The number of hydrogen-bond acceptors (Lipinski definition) is 6. The average molecular weight is 885 g/mol. The molecule has 0 radical (unpaired) electrons. The molecule has 64 heavy (non-hydrogen) atoms. The highest BCUT2D eigenvalue weighted by atomic mass is 16.6. The minimum Gasteiger partial charge on any atom is -0.462 e. The highest BCUT2D eigenvalue weighted by Crippen LogP contribution is 2.12. The lowest BCUT2D eigenvalue weighted by Gasteiger charge is -2.18. The minimum absolute atomic E-state index is 0.128. The Morgan fingerprint density at radius 3 is 1.19 bits per heavy atom. The maximum atomic E-state index is 12.8. The predicted molar refractivity (Wildman–Crippen MR) is 274 cm³/mol. The molecule has 0 N–H and O–H groups in total. The highest BCUT2D eigenvalue weighted by molar-refractivity contribution is 5.71. The van der Waals surface area contributed by atoms with E-state index in [9.17, 15) is 14.4 Å². The number of carbonyl (C=O) groups excluding carboxylic acids is 3. The predicted octanol–water partition coefficient (Wildman–Crippen LogP) is 16.9. The van der Waals surface area contributed by atoms with Crippen LogP contribution in [0, 0.1) is 0 Å². The van der Waals surface area contributed by atoms with Crippen molar-refractivity contribution in [3.63, 3.8) is 0 Å². The van der Waals surface area contributed by atoms with Crippen molar-refractivity contribution in [2.75, 3.05) is 13.2 Å². The Bertz CT molecular complexity index is 1390. The monoisotopic (exact) mass is 885 g/mol. The van der Waals surface area contributed by atoms with Gasteiger partial charge in [0.1, 0.15) is 13.2 Å². The van der Waals surface area contributed by atoms with Gasteiger partial charge in [-0.05, 0) is 83.5 Å². The summed E-state index contributed by atoms with van der Waals surface area (Å²) >= 11 is 0. The van der Waals surface area contributed by atoms with Gasteiger partial charge in [0.2, 0.25) is 0 Å². The zero-order valence-electron chi connectivity index (χ0n) is 41.0. The van der Waals surface area contributed by atoms with E-state index >= 15 is 0 Å². The molecule has 0 aromatic heterocycles. The molecule has 0 aromatic rings. The summed E-state index contributed by atoms with van der Waals surface area (Å²) in [6, 6.07) is 0. The van der Waals surface area contributed by atoms with Crippen molar-refractivity contribution in [2.24, 2.45) is 0 Å². The summed E-state index contributed by atoms with van der Waals surface area (Å²) in [6.07, 6.45) is 70.5. The van der Waals surface area contributed by atoms with E-state index in [1.807, 2.05) is 79.0 Å². The fourth-order valence-corrected chi connectivity index (χ4v) is 6.53. The van der Waals surface area contributed by atoms with Gasteiger partial charge in [-0.15, -0.1) is 0 Å². The van der Waals surface area contributed by atoms with Crippen molar-refractivity contribution in [2.45, 2.75) is 213 Å². The number of rotatable bonds is 44. The average Bonchev–Trinajstić information content (AvgIpc) is 3.29. The molecule has 0 aliphatic carbocycles. The van der Waals surface area contributed by atoms with Crippen LogP contribution in [0.15, 0.2) is 122 Å². The number of allylic oxidation sites excluding steroid dienone is 20. The summed E-state index contributed by atoms with van der Waals surface area (Å²) in [4.78, 5) is 37.9. The maximum Gasteiger partial charge on any atom is 0.306 e. The van der Waals surface area contributed by atoms with Crippen LogP contribution in [0.4, 0.5) is 0 Å². The van der Waals surface area contributed by atoms with Crippen molar-refractivity contribution in [1.82, 2.24) is 0 Å². The second kappa shape index (κ2) is 51.4. The topological polar surface area (TPSA) is 78.9 Å². The van der Waals surface area contributed by atoms with Gasteiger partial charge in [0, 0.05) is 19.3 Å². The molecule has 0 fully saturated rings. The minimum atomic E-state index is -0.830. The van der Waals surface area contributed by atoms with Crippen LogP contribution in [0.2, 0.25) is 0 Å². The molecule has 0 spiro atoms. The van der Waals surface area contributed by atoms with E-state index in [4.69, 9.17) is 14.2 Å². The van der Waals surface area contributed by atoms with Gasteiger partial charge in [0.15, 0.2) is 6.10 Å². The fourth-order valence-electron chi connectivity index (χ4n) is 6.53. The van der Waals surface area contributed by atoms with Gasteiger partial charge in [-0.1, -0.05) is 226 Å². The highest BCUT2D eigenvalue weighted by Gasteiger charge is 2.19. The Balaban J connectivity index is 4.59. The summed E-state index contributed by atoms with van der Waals surface area (Å²) in [5.74, 6) is -1.06. The first kappa shape index (κ1) is 59.8. The standard InChI is InChI=1S/C58H92O6/c1-4-7-10-13-16-19-22-25-27-28-29-30-31-34-36-39-42-45-48-51-57(60)63-54-55(53-62-56(59)50-47-44-41-38-35-32-24-21-18-15-12-9-6-3)64-58(61)52-49-46-43-40-37-33-26-23-20-17-14-11-8-5-2/h7,10,13,16,19,22,25,27-37,41,44,55H,4-6,8-9,11-12,14-15,17-18,20-21,23-24,26,38-40,42-43,45-54H2,1-3H3/b10-7+,16-13+,22-19+,27-25+,29-28+,31-30+,35-32+,36-34+,37-33+,44-41+. The molecular weight excluding hydrogens is 793 g/mol. The number of ether oxygens (including phenoxy) is 3. The van der Waals surface area contributed by atoms with E-state index in [0.717, 1.165) is 70.6 Å². The second-order valence-corrected chi connectivity index (χ2v) is 16.5. The van der Waals surface area contributed by atoms with Crippen LogP contribution < -0.4 is 0 Å². The maximum absolute atomic E-state index is 12.8. The Hall–Kier alpha value is -4.19. The molecule has 6 heteroatoms. The van der Waals surface area contributed by atoms with Gasteiger partial charge < -0.3 is 14.2 Å². The largest absolute Gasteiger partial charge is 0.462 e. The van der Waals surface area contributed by atoms with Crippen molar-refractivity contribution in [3.05, 3.63) is 122 Å². The zero-order valence-corrected chi connectivity index (χ0v) is 41.0. The molecule has 1 atom stereocenters. The van der Waals surface area contributed by atoms with Crippen LogP contribution >= 0.6 is 0 Å². The summed E-state index contributed by atoms with van der Waals surface area (Å²) in [6.45, 7) is 6.35. The Morgan fingerprint density at radius 2 is 0.703 bits per heavy atom. The number of hydrogen-bond donors (Lipinski definition) is 0. The van der Waals surface area contributed by atoms with Crippen LogP contribution in [-0.4, -0.2) is 37.2 Å². The third-order valence-corrected chi connectivity index (χ3v) is 10.4. The van der Waals surface area contributed by atoms with E-state index in [0.29, 0.717) is 12.8 Å². The van der Waals surface area contributed by atoms with Crippen LogP contribution in [0.25, 0.3) is 0 Å². The summed E-state index contributed by atoms with van der Waals surface area (Å²) < 4.78 is 16.7. The Morgan fingerprint density at radius 1 is 0.344 bits per heavy atom. The van der Waals surface area contributed by atoms with Crippen molar-refractivity contribution in [3.8, 4) is 0 Å². The lowest BCUT2D eigenvalue weighted by Crippen LogP contribution is -2.30. The van der Waals surface area contributed by atoms with E-state index in [1.54, 1.807) is 0 Å². The quantitative estimate of drug-likeness (QED) is 0.0199. The first-order valence-corrected chi connectivity index (χ1v) is 25.6. The molecule has 0 aliphatic heterocycles. The molecule has 0 aliphatic rings. The molecule has 1 unspecified atom stereocenters. The van der Waals surface area contributed by atoms with Crippen molar-refractivity contribution in [1.29, 1.82) is 0 Å². The third kappa shape index (κ3) is 48.8. The van der Waals surface area contributed by atoms with Crippen LogP contribution in [0.3, 0.4) is 0 Å². The number of esters is 3. The molecule has 0 rings (SSSR count). The molecule has 0 heterocycles. The first-order chi connectivity index (χ1) is 31.5. The van der Waals surface area contributed by atoms with E-state index < -0.39 is 6.10 Å². The first-order valence-electron chi connectivity index (χ1n) is 25.6. The summed E-state index contributed by atoms with van der Waals surface area (Å²) in [5.41, 5.74) is 0. The van der Waals surface area contributed by atoms with Gasteiger partial charge in [-0.2, -0.15) is 0 Å². The van der Waals surface area contributed by atoms with Gasteiger partial charge in [0.25, 0.3) is 0 Å². The SMILES string of the molecule is CC/C=C/C=C/C=C/C=C/C=C/C=C/C=C/CCCCCC(=O)OCC(COC(=O)CC/C=C/C/C=C/CCCCCCCC)OC(=O)CCCCC/C=C/CCCCCCCCC. The Labute approximate surface area is 392 Å². The lowest BCUT2D eigenvalue weighted by atomic mass is 10.1. The van der Waals surface area contributed by atoms with E-state index in [2.05, 4.69) is 63.3 Å². The summed E-state index contributed by atoms with van der Waals surface area (Å²) in [7, 11) is 0. The molecule has 360 valence electrons. The molecule has 0 saturated heterocycles. The lowest BCUT2D eigenvalue weighted by molar-refractivity contribution is -0.166. The normalized spacial score (nSPS) is 13.1. The number of carbonyl (C=O) groups is 3. The van der Waals surface area contributed by atoms with Gasteiger partial charge in [-0.3, -0.25) is 14.4 Å². The molecule has 0 aromatic carbocycles. The van der Waals surface area contributed by atoms with Crippen molar-refractivity contribution < 1.29 is 28.6 Å². The van der Waals surface area contributed by atoms with Crippen LogP contribution in [0.5, 0.6) is 0 Å². The number of unbranched alkanes of at least 4 members (excludes halogenated alkanes) is 19. The van der Waals surface area contributed by atoms with Gasteiger partial charge >= 0.3 is 17.9 Å². The third-order valence-electron chi connectivity index (χ3n) is 10.4. The Kier molecular flexibility index (Phi) is 48.1. The fraction of sp³-hybridized carbons (Fsp3) is 0.603. The zero-order chi connectivity index (χ0) is 46.5. The van der Waals surface area contributed by atoms with Crippen molar-refractivity contribution >= 4 is 17.9 Å². The van der Waals surface area contributed by atoms with Gasteiger partial charge in [0.05, 0.1) is 0 Å². The van der Waals surface area contributed by atoms with Crippen LogP contribution in [0.1, 0.15) is 207 Å². The molecule has 0 saturated carbocycles. The van der Waals surface area contributed by atoms with Gasteiger partial charge in [-0.25, -0.2) is 0 Å². The molecule has 0 bridgehead atoms. The molecular formula is C58H92O6.